The molecule has 0 unspecified atom stereocenters. The van der Waals surface area contributed by atoms with Crippen molar-refractivity contribution in [3.8, 4) is 0 Å². The average molecular weight is 327 g/mol. The molecule has 8 heteroatoms. The van der Waals surface area contributed by atoms with Crippen molar-refractivity contribution in [3.05, 3.63) is 29.8 Å². The molecule has 7 nitrogen and oxygen atoms in total. The number of hydrogen-bond donors (Lipinski definition) is 3. The molecule has 1 aliphatic rings. The maximum Gasteiger partial charge on any atom is 0.315 e. The fourth-order valence-corrected chi connectivity index (χ4v) is 2.74. The molecule has 1 fully saturated rings. The standard InChI is InChI=1S/C14H21N3O4S/c15-22(19,20)13-3-1-11(2-4-13)9-16-14(18)17-10-12-5-7-21-8-6-12/h1-4,12H,5-10H2,(H2,15,19,20)(H2,16,17,18). The highest BCUT2D eigenvalue weighted by Gasteiger charge is 2.14. The summed E-state index contributed by atoms with van der Waals surface area (Å²) in [6.45, 7) is 2.47. The predicted molar refractivity (Wildman–Crippen MR) is 81.6 cm³/mol. The number of primary sulfonamides is 1. The molecule has 22 heavy (non-hydrogen) atoms. The summed E-state index contributed by atoms with van der Waals surface area (Å²) in [7, 11) is -3.68. The fraction of sp³-hybridized carbons (Fsp3) is 0.500. The Morgan fingerprint density at radius 3 is 2.41 bits per heavy atom. The number of sulfonamides is 1. The molecule has 0 aromatic heterocycles. The van der Waals surface area contributed by atoms with Crippen LogP contribution < -0.4 is 15.8 Å². The molecule has 122 valence electrons. The van der Waals surface area contributed by atoms with Crippen LogP contribution in [0, 0.1) is 5.92 Å². The monoisotopic (exact) mass is 327 g/mol. The Morgan fingerprint density at radius 1 is 1.18 bits per heavy atom. The second-order valence-electron chi connectivity index (χ2n) is 5.31. The molecule has 0 atom stereocenters. The number of hydrogen-bond acceptors (Lipinski definition) is 4. The molecular formula is C14H21N3O4S. The van der Waals surface area contributed by atoms with Gasteiger partial charge in [-0.3, -0.25) is 0 Å². The molecule has 0 saturated carbocycles. The van der Waals surface area contributed by atoms with Crippen molar-refractivity contribution >= 4 is 16.1 Å². The summed E-state index contributed by atoms with van der Waals surface area (Å²) in [6.07, 6.45) is 1.94. The maximum absolute atomic E-state index is 11.7. The van der Waals surface area contributed by atoms with E-state index >= 15 is 0 Å². The first kappa shape index (κ1) is 16.7. The minimum absolute atomic E-state index is 0.0558. The van der Waals surface area contributed by atoms with Gasteiger partial charge >= 0.3 is 6.03 Å². The number of nitrogens with one attached hydrogen (secondary N) is 2. The number of amides is 2. The van der Waals surface area contributed by atoms with Crippen molar-refractivity contribution in [2.75, 3.05) is 19.8 Å². The van der Waals surface area contributed by atoms with Crippen LogP contribution in [0.5, 0.6) is 0 Å². The number of rotatable bonds is 5. The first-order valence-electron chi connectivity index (χ1n) is 7.16. The van der Waals surface area contributed by atoms with Gasteiger partial charge in [0, 0.05) is 26.3 Å². The Balaban J connectivity index is 1.73. The van der Waals surface area contributed by atoms with Gasteiger partial charge in [0.05, 0.1) is 4.90 Å². The zero-order chi connectivity index (χ0) is 16.0. The van der Waals surface area contributed by atoms with E-state index in [-0.39, 0.29) is 10.9 Å². The quantitative estimate of drug-likeness (QED) is 0.734. The summed E-state index contributed by atoms with van der Waals surface area (Å²) in [5.74, 6) is 0.466. The number of carbonyl (C=O) groups is 1. The molecule has 1 saturated heterocycles. The lowest BCUT2D eigenvalue weighted by atomic mass is 10.0. The van der Waals surface area contributed by atoms with Crippen LogP contribution in [0.25, 0.3) is 0 Å². The molecular weight excluding hydrogens is 306 g/mol. The van der Waals surface area contributed by atoms with E-state index in [2.05, 4.69) is 10.6 Å². The van der Waals surface area contributed by atoms with Gasteiger partial charge in [-0.15, -0.1) is 0 Å². The Morgan fingerprint density at radius 2 is 1.82 bits per heavy atom. The van der Waals surface area contributed by atoms with Crippen LogP contribution in [-0.4, -0.2) is 34.2 Å². The van der Waals surface area contributed by atoms with Crippen LogP contribution in [0.2, 0.25) is 0 Å². The summed E-state index contributed by atoms with van der Waals surface area (Å²) in [4.78, 5) is 11.8. The third-order valence-electron chi connectivity index (χ3n) is 3.60. The molecule has 0 radical (unpaired) electrons. The fourth-order valence-electron chi connectivity index (χ4n) is 2.23. The van der Waals surface area contributed by atoms with Gasteiger partial charge in [0.15, 0.2) is 0 Å². The summed E-state index contributed by atoms with van der Waals surface area (Å²) in [5.41, 5.74) is 0.800. The van der Waals surface area contributed by atoms with E-state index in [9.17, 15) is 13.2 Å². The van der Waals surface area contributed by atoms with Gasteiger partial charge in [0.25, 0.3) is 0 Å². The minimum atomic E-state index is -3.68. The molecule has 0 spiro atoms. The normalized spacial score (nSPS) is 16.2. The summed E-state index contributed by atoms with van der Waals surface area (Å²) in [5, 5.41) is 10.6. The van der Waals surface area contributed by atoms with Crippen LogP contribution in [0.4, 0.5) is 4.79 Å². The smallest absolute Gasteiger partial charge is 0.315 e. The molecule has 1 aromatic carbocycles. The van der Waals surface area contributed by atoms with Crippen molar-refractivity contribution in [2.45, 2.75) is 24.3 Å². The molecule has 4 N–H and O–H groups in total. The van der Waals surface area contributed by atoms with E-state index in [4.69, 9.17) is 9.88 Å². The topological polar surface area (TPSA) is 111 Å². The lowest BCUT2D eigenvalue weighted by Crippen LogP contribution is -2.39. The van der Waals surface area contributed by atoms with Crippen LogP contribution >= 0.6 is 0 Å². The van der Waals surface area contributed by atoms with E-state index < -0.39 is 10.0 Å². The largest absolute Gasteiger partial charge is 0.381 e. The maximum atomic E-state index is 11.7. The highest BCUT2D eigenvalue weighted by Crippen LogP contribution is 2.13. The van der Waals surface area contributed by atoms with Crippen LogP contribution in [0.15, 0.2) is 29.2 Å². The Bertz CT molecular complexity index is 595. The van der Waals surface area contributed by atoms with E-state index in [0.29, 0.717) is 19.0 Å². The minimum Gasteiger partial charge on any atom is -0.381 e. The second kappa shape index (κ2) is 7.57. The Hall–Kier alpha value is -1.64. The first-order chi connectivity index (χ1) is 10.4. The molecule has 1 aromatic rings. The SMILES string of the molecule is NS(=O)(=O)c1ccc(CNC(=O)NCC2CCOCC2)cc1. The summed E-state index contributed by atoms with van der Waals surface area (Å²) in [6, 6.07) is 5.86. The van der Waals surface area contributed by atoms with Crippen LogP contribution in [0.1, 0.15) is 18.4 Å². The van der Waals surface area contributed by atoms with E-state index in [0.717, 1.165) is 31.6 Å². The van der Waals surface area contributed by atoms with Gasteiger partial charge in [0.1, 0.15) is 0 Å². The number of benzene rings is 1. The van der Waals surface area contributed by atoms with E-state index in [1.54, 1.807) is 12.1 Å². The van der Waals surface area contributed by atoms with Crippen LogP contribution in [0.3, 0.4) is 0 Å². The lowest BCUT2D eigenvalue weighted by Gasteiger charge is -2.22. The van der Waals surface area contributed by atoms with Crippen molar-refractivity contribution < 1.29 is 17.9 Å². The number of ether oxygens (including phenoxy) is 1. The third-order valence-corrected chi connectivity index (χ3v) is 4.53. The third kappa shape index (κ3) is 5.28. The molecule has 1 aliphatic heterocycles. The molecule has 0 bridgehead atoms. The number of carbonyl (C=O) groups excluding carboxylic acids is 1. The molecule has 1 heterocycles. The Kier molecular flexibility index (Phi) is 5.76. The zero-order valence-corrected chi connectivity index (χ0v) is 13.1. The lowest BCUT2D eigenvalue weighted by molar-refractivity contribution is 0.0669. The van der Waals surface area contributed by atoms with Crippen molar-refractivity contribution in [2.24, 2.45) is 11.1 Å². The van der Waals surface area contributed by atoms with Crippen molar-refractivity contribution in [1.82, 2.24) is 10.6 Å². The van der Waals surface area contributed by atoms with Gasteiger partial charge in [-0.05, 0) is 36.5 Å². The van der Waals surface area contributed by atoms with Crippen molar-refractivity contribution in [3.63, 3.8) is 0 Å². The number of urea groups is 1. The summed E-state index contributed by atoms with van der Waals surface area (Å²) < 4.78 is 27.5. The van der Waals surface area contributed by atoms with Gasteiger partial charge < -0.3 is 15.4 Å². The highest BCUT2D eigenvalue weighted by atomic mass is 32.2. The average Bonchev–Trinajstić information content (AvgIpc) is 2.51. The highest BCUT2D eigenvalue weighted by molar-refractivity contribution is 7.89. The first-order valence-corrected chi connectivity index (χ1v) is 8.71. The van der Waals surface area contributed by atoms with Gasteiger partial charge in [0.2, 0.25) is 10.0 Å². The molecule has 2 amide bonds. The zero-order valence-electron chi connectivity index (χ0n) is 12.2. The van der Waals surface area contributed by atoms with Crippen molar-refractivity contribution in [1.29, 1.82) is 0 Å². The Labute approximate surface area is 130 Å². The van der Waals surface area contributed by atoms with Crippen LogP contribution in [-0.2, 0) is 21.3 Å². The number of nitrogens with two attached hydrogens (primary N) is 1. The van der Waals surface area contributed by atoms with E-state index in [1.165, 1.54) is 12.1 Å². The van der Waals surface area contributed by atoms with E-state index in [1.807, 2.05) is 0 Å². The van der Waals surface area contributed by atoms with Gasteiger partial charge in [-0.2, -0.15) is 0 Å². The van der Waals surface area contributed by atoms with Gasteiger partial charge in [-0.25, -0.2) is 18.4 Å². The van der Waals surface area contributed by atoms with Gasteiger partial charge in [-0.1, -0.05) is 12.1 Å². The molecule has 0 aliphatic carbocycles. The summed E-state index contributed by atoms with van der Waals surface area (Å²) >= 11 is 0. The molecule has 2 rings (SSSR count). The predicted octanol–water partition coefficient (Wildman–Crippen LogP) is 0.560. The second-order valence-corrected chi connectivity index (χ2v) is 6.87.